The van der Waals surface area contributed by atoms with Crippen molar-refractivity contribution in [2.24, 2.45) is 5.16 Å². The number of hydrogen-bond acceptors (Lipinski definition) is 6. The van der Waals surface area contributed by atoms with Crippen molar-refractivity contribution in [3.63, 3.8) is 0 Å². The first-order chi connectivity index (χ1) is 13.5. The molecule has 0 unspecified atom stereocenters. The summed E-state index contributed by atoms with van der Waals surface area (Å²) in [6, 6.07) is 16.5. The van der Waals surface area contributed by atoms with E-state index in [2.05, 4.69) is 25.9 Å². The Morgan fingerprint density at radius 2 is 1.57 bits per heavy atom. The maximum absolute atomic E-state index is 14.6. The average Bonchev–Trinajstić information content (AvgIpc) is 2.74. The van der Waals surface area contributed by atoms with Gasteiger partial charge >= 0.3 is 11.9 Å². The molecule has 28 heavy (non-hydrogen) atoms. The topological polar surface area (TPSA) is 74.2 Å². The van der Waals surface area contributed by atoms with Crippen LogP contribution in [0.5, 0.6) is 0 Å². The molecule has 0 fully saturated rings. The molecule has 148 valence electrons. The van der Waals surface area contributed by atoms with Gasteiger partial charge in [-0.2, -0.15) is 0 Å². The van der Waals surface area contributed by atoms with Crippen LogP contribution in [0.1, 0.15) is 20.7 Å². The van der Waals surface area contributed by atoms with Crippen molar-refractivity contribution in [2.75, 3.05) is 13.7 Å². The van der Waals surface area contributed by atoms with E-state index in [-0.39, 0.29) is 12.2 Å². The van der Waals surface area contributed by atoms with E-state index < -0.39 is 29.0 Å². The third-order valence-electron chi connectivity index (χ3n) is 3.61. The summed E-state index contributed by atoms with van der Waals surface area (Å²) in [6.45, 7) is -0.221. The van der Waals surface area contributed by atoms with Gasteiger partial charge in [0.1, 0.15) is 13.7 Å². The number of oxime groups is 1. The summed E-state index contributed by atoms with van der Waals surface area (Å²) >= 11 is 3.24. The maximum atomic E-state index is 14.6. The second-order valence-corrected chi connectivity index (χ2v) is 6.77. The monoisotopic (exact) mass is 451 g/mol. The lowest BCUT2D eigenvalue weighted by Gasteiger charge is -2.24. The number of carbonyl (C=O) groups excluding carboxylic acids is 2. The molecule has 0 aliphatic rings. The summed E-state index contributed by atoms with van der Waals surface area (Å²) < 4.78 is 25.0. The predicted octanol–water partition coefficient (Wildman–Crippen LogP) is 3.80. The van der Waals surface area contributed by atoms with Crippen LogP contribution in [-0.2, 0) is 14.3 Å². The first-order valence-corrected chi connectivity index (χ1v) is 9.27. The predicted molar refractivity (Wildman–Crippen MR) is 105 cm³/mol. The van der Waals surface area contributed by atoms with Crippen LogP contribution in [0.4, 0.5) is 4.39 Å². The lowest BCUT2D eigenvalue weighted by Crippen LogP contribution is -2.39. The van der Waals surface area contributed by atoms with Gasteiger partial charge < -0.3 is 14.3 Å². The van der Waals surface area contributed by atoms with Crippen molar-refractivity contribution in [2.45, 2.75) is 17.1 Å². The standard InChI is InChI=1S/C20H19BrFNO5/c1-26-23-12-17(22)18(28-20(25)15-10-6-3-7-11-15)16(21)13-27-19(24)14-8-4-2-5-9-14/h2-12,16-18H,13H2,1H3/b23-12-/t16-,17+,18+/m0/s1. The summed E-state index contributed by atoms with van der Waals surface area (Å²) in [7, 11) is 1.27. The van der Waals surface area contributed by atoms with E-state index in [1.165, 1.54) is 7.11 Å². The maximum Gasteiger partial charge on any atom is 0.338 e. The van der Waals surface area contributed by atoms with Crippen molar-refractivity contribution in [1.82, 2.24) is 0 Å². The number of hydrogen-bond donors (Lipinski definition) is 0. The Kier molecular flexibility index (Phi) is 8.61. The molecule has 3 atom stereocenters. The Hall–Kier alpha value is -2.74. The Labute approximate surface area is 170 Å². The molecule has 6 nitrogen and oxygen atoms in total. The van der Waals surface area contributed by atoms with E-state index in [9.17, 15) is 14.0 Å². The summed E-state index contributed by atoms with van der Waals surface area (Å²) in [4.78, 5) is 28.0. The number of esters is 2. The molecule has 0 saturated heterocycles. The molecular formula is C20H19BrFNO5. The van der Waals surface area contributed by atoms with Crippen molar-refractivity contribution < 1.29 is 28.3 Å². The van der Waals surface area contributed by atoms with Gasteiger partial charge in [-0.3, -0.25) is 0 Å². The molecule has 8 heteroatoms. The average molecular weight is 452 g/mol. The fourth-order valence-electron chi connectivity index (χ4n) is 2.22. The first-order valence-electron chi connectivity index (χ1n) is 8.36. The van der Waals surface area contributed by atoms with Crippen molar-refractivity contribution in [3.05, 3.63) is 71.8 Å². The molecule has 2 aromatic rings. The highest BCUT2D eigenvalue weighted by Crippen LogP contribution is 2.19. The van der Waals surface area contributed by atoms with E-state index in [4.69, 9.17) is 9.47 Å². The van der Waals surface area contributed by atoms with Gasteiger partial charge in [-0.05, 0) is 24.3 Å². The van der Waals surface area contributed by atoms with Crippen molar-refractivity contribution >= 4 is 34.1 Å². The highest BCUT2D eigenvalue weighted by atomic mass is 79.9. The lowest BCUT2D eigenvalue weighted by atomic mass is 10.1. The molecule has 0 N–H and O–H groups in total. The normalized spacial score (nSPS) is 14.1. The number of alkyl halides is 2. The van der Waals surface area contributed by atoms with Crippen LogP contribution in [0.15, 0.2) is 65.8 Å². The molecule has 0 saturated carbocycles. The number of halogens is 2. The van der Waals surface area contributed by atoms with Gasteiger partial charge in [0.2, 0.25) is 0 Å². The zero-order chi connectivity index (χ0) is 20.4. The molecule has 0 spiro atoms. The first kappa shape index (κ1) is 21.6. The summed E-state index contributed by atoms with van der Waals surface area (Å²) in [5.74, 6) is -1.28. The minimum absolute atomic E-state index is 0.221. The second-order valence-electron chi connectivity index (χ2n) is 5.60. The zero-order valence-corrected chi connectivity index (χ0v) is 16.6. The highest BCUT2D eigenvalue weighted by molar-refractivity contribution is 9.09. The Balaban J connectivity index is 2.05. The third kappa shape index (κ3) is 6.45. The molecule has 2 rings (SSSR count). The van der Waals surface area contributed by atoms with Gasteiger partial charge in [0.05, 0.1) is 22.2 Å². The number of carbonyl (C=O) groups is 2. The number of benzene rings is 2. The third-order valence-corrected chi connectivity index (χ3v) is 4.40. The van der Waals surface area contributed by atoms with Gasteiger partial charge in [-0.25, -0.2) is 14.0 Å². The van der Waals surface area contributed by atoms with E-state index in [0.29, 0.717) is 5.56 Å². The molecule has 0 heterocycles. The highest BCUT2D eigenvalue weighted by Gasteiger charge is 2.32. The van der Waals surface area contributed by atoms with Gasteiger partial charge in [-0.15, -0.1) is 0 Å². The van der Waals surface area contributed by atoms with Crippen LogP contribution in [0, 0.1) is 0 Å². The molecule has 0 aliphatic carbocycles. The van der Waals surface area contributed by atoms with Crippen LogP contribution in [0.25, 0.3) is 0 Å². The molecule has 0 aromatic heterocycles. The van der Waals surface area contributed by atoms with E-state index in [1.54, 1.807) is 60.7 Å². The van der Waals surface area contributed by atoms with Crippen molar-refractivity contribution in [3.8, 4) is 0 Å². The van der Waals surface area contributed by atoms with Crippen LogP contribution in [0.3, 0.4) is 0 Å². The second kappa shape index (κ2) is 11.2. The van der Waals surface area contributed by atoms with Gasteiger partial charge in [-0.1, -0.05) is 57.5 Å². The van der Waals surface area contributed by atoms with E-state index in [0.717, 1.165) is 6.21 Å². The molecule has 2 aromatic carbocycles. The molecule has 0 amide bonds. The van der Waals surface area contributed by atoms with Crippen LogP contribution in [0.2, 0.25) is 0 Å². The Morgan fingerprint density at radius 1 is 1.04 bits per heavy atom. The molecule has 0 bridgehead atoms. The summed E-state index contributed by atoms with van der Waals surface area (Å²) in [5.41, 5.74) is 0.627. The smallest absolute Gasteiger partial charge is 0.338 e. The SMILES string of the molecule is CO/N=C\[C@@H](F)[C@H](OC(=O)c1ccccc1)[C@@H](Br)COC(=O)c1ccccc1. The van der Waals surface area contributed by atoms with Crippen LogP contribution in [-0.4, -0.2) is 49.0 Å². The van der Waals surface area contributed by atoms with Crippen LogP contribution >= 0.6 is 15.9 Å². The summed E-state index contributed by atoms with van der Waals surface area (Å²) in [5, 5.41) is 3.38. The Bertz CT molecular complexity index is 788. The van der Waals surface area contributed by atoms with E-state index in [1.807, 2.05) is 0 Å². The number of nitrogens with zero attached hydrogens (tertiary/aromatic N) is 1. The summed E-state index contributed by atoms with van der Waals surface area (Å²) in [6.07, 6.45) is -2.21. The minimum Gasteiger partial charge on any atom is -0.461 e. The lowest BCUT2D eigenvalue weighted by molar-refractivity contribution is 0.00846. The Morgan fingerprint density at radius 3 is 2.11 bits per heavy atom. The number of rotatable bonds is 9. The number of ether oxygens (including phenoxy) is 2. The van der Waals surface area contributed by atoms with E-state index >= 15 is 0 Å². The van der Waals surface area contributed by atoms with Gasteiger partial charge in [0.25, 0.3) is 0 Å². The fourth-order valence-corrected chi connectivity index (χ4v) is 2.75. The van der Waals surface area contributed by atoms with Crippen LogP contribution < -0.4 is 0 Å². The largest absolute Gasteiger partial charge is 0.461 e. The fraction of sp³-hybridized carbons (Fsp3) is 0.250. The van der Waals surface area contributed by atoms with Crippen molar-refractivity contribution in [1.29, 1.82) is 0 Å². The molecular weight excluding hydrogens is 433 g/mol. The zero-order valence-electron chi connectivity index (χ0n) is 15.0. The molecule has 0 radical (unpaired) electrons. The van der Waals surface area contributed by atoms with Gasteiger partial charge in [0.15, 0.2) is 12.3 Å². The van der Waals surface area contributed by atoms with Gasteiger partial charge in [0, 0.05) is 0 Å². The quantitative estimate of drug-likeness (QED) is 0.251. The minimum atomic E-state index is -1.78. The molecule has 0 aliphatic heterocycles.